The molecule has 55 heavy (non-hydrogen) atoms. The van der Waals surface area contributed by atoms with Crippen LogP contribution in [0.5, 0.6) is 0 Å². The number of fused-ring (bicyclic) bond motifs is 1. The molecule has 0 bridgehead atoms. The van der Waals surface area contributed by atoms with Gasteiger partial charge >= 0.3 is 29.8 Å². The molecule has 0 amide bonds. The number of para-hydroxylation sites is 1. The van der Waals surface area contributed by atoms with E-state index in [1.807, 2.05) is 0 Å². The van der Waals surface area contributed by atoms with E-state index in [2.05, 4.69) is 5.32 Å². The first-order chi connectivity index (χ1) is 26.7. The van der Waals surface area contributed by atoms with Crippen molar-refractivity contribution in [1.29, 1.82) is 0 Å². The molecule has 13 heteroatoms. The van der Waals surface area contributed by atoms with Crippen LogP contribution in [0.25, 0.3) is 0 Å². The second-order valence-corrected chi connectivity index (χ2v) is 12.5. The fourth-order valence-electron chi connectivity index (χ4n) is 6.16. The normalized spacial score (nSPS) is 22.3. The summed E-state index contributed by atoms with van der Waals surface area (Å²) in [4.78, 5) is 54.3. The van der Waals surface area contributed by atoms with Gasteiger partial charge in [-0.15, -0.1) is 0 Å². The number of carbonyl (C=O) groups excluding carboxylic acids is 4. The SMILES string of the molecule is O=C(OC[C@H]1O[C@H](OC2Nc3ccccc3C2(F)F)[C@H](OC(=O)c2ccccc2)[C@@H](OC(=O)c2ccccc2)[C@@H]1OC(=O)c1ccccc1)c1ccccc1. The lowest BCUT2D eigenvalue weighted by Crippen LogP contribution is -2.64. The minimum Gasteiger partial charge on any atom is -0.459 e. The smallest absolute Gasteiger partial charge is 0.338 e. The predicted molar refractivity (Wildman–Crippen MR) is 191 cm³/mol. The monoisotopic (exact) mass is 749 g/mol. The molecule has 1 fully saturated rings. The zero-order valence-electron chi connectivity index (χ0n) is 28.9. The largest absolute Gasteiger partial charge is 0.459 e. The Labute approximate surface area is 313 Å². The Hall–Kier alpha value is -6.44. The molecule has 280 valence electrons. The molecule has 6 atom stereocenters. The van der Waals surface area contributed by atoms with Crippen LogP contribution in [-0.2, 0) is 34.3 Å². The highest BCUT2D eigenvalue weighted by molar-refractivity contribution is 5.91. The quantitative estimate of drug-likeness (QED) is 0.113. The Balaban J connectivity index is 1.30. The van der Waals surface area contributed by atoms with Gasteiger partial charge in [-0.3, -0.25) is 0 Å². The van der Waals surface area contributed by atoms with Crippen LogP contribution in [0.1, 0.15) is 47.0 Å². The molecule has 5 aromatic carbocycles. The summed E-state index contributed by atoms with van der Waals surface area (Å²) in [6.45, 7) is -0.645. The van der Waals surface area contributed by atoms with Crippen molar-refractivity contribution in [2.75, 3.05) is 11.9 Å². The van der Waals surface area contributed by atoms with Crippen molar-refractivity contribution in [2.24, 2.45) is 0 Å². The second kappa shape index (κ2) is 16.3. The minimum absolute atomic E-state index is 0.0582. The van der Waals surface area contributed by atoms with Gasteiger partial charge in [0.15, 0.2) is 24.5 Å². The number of esters is 4. The van der Waals surface area contributed by atoms with Gasteiger partial charge in [0, 0.05) is 11.3 Å². The van der Waals surface area contributed by atoms with Gasteiger partial charge in [-0.05, 0) is 54.6 Å². The van der Waals surface area contributed by atoms with Crippen molar-refractivity contribution in [3.8, 4) is 0 Å². The number of carbonyl (C=O) groups is 4. The van der Waals surface area contributed by atoms with E-state index in [0.717, 1.165) is 0 Å². The summed E-state index contributed by atoms with van der Waals surface area (Å²) in [6.07, 6.45) is -10.8. The van der Waals surface area contributed by atoms with Crippen molar-refractivity contribution in [1.82, 2.24) is 0 Å². The molecule has 0 aromatic heterocycles. The first kappa shape index (κ1) is 36.9. The fraction of sp³-hybridized carbons (Fsp3) is 0.190. The van der Waals surface area contributed by atoms with Crippen molar-refractivity contribution in [2.45, 2.75) is 42.9 Å². The number of hydrogen-bond acceptors (Lipinski definition) is 11. The molecule has 1 unspecified atom stereocenters. The van der Waals surface area contributed by atoms with E-state index in [9.17, 15) is 19.2 Å². The van der Waals surface area contributed by atoms with Gasteiger partial charge in [-0.2, -0.15) is 8.78 Å². The number of nitrogens with one attached hydrogen (secondary N) is 1. The molecule has 2 aliphatic rings. The Morgan fingerprint density at radius 2 is 0.964 bits per heavy atom. The van der Waals surface area contributed by atoms with Gasteiger partial charge in [0.05, 0.1) is 22.3 Å². The molecule has 1 saturated heterocycles. The summed E-state index contributed by atoms with van der Waals surface area (Å²) in [5.74, 6) is -7.22. The van der Waals surface area contributed by atoms with Crippen LogP contribution in [0.4, 0.5) is 14.5 Å². The van der Waals surface area contributed by atoms with E-state index in [4.69, 9.17) is 28.4 Å². The third kappa shape index (κ3) is 8.22. The third-order valence-electron chi connectivity index (χ3n) is 8.91. The molecule has 5 aromatic rings. The van der Waals surface area contributed by atoms with Crippen molar-refractivity contribution < 1.29 is 56.4 Å². The molecule has 0 radical (unpaired) electrons. The van der Waals surface area contributed by atoms with Crippen LogP contribution in [-0.4, -0.2) is 67.4 Å². The standard InChI is InChI=1S/C42H33F2NO10/c43-42(44)30-23-13-14-24-31(30)45-41(42)55-40-35(54-39(49)29-21-11-4-12-22-29)34(53-38(48)28-19-9-3-10-20-28)33(52-37(47)27-17-7-2-8-18-27)32(51-40)25-50-36(46)26-15-5-1-6-16-26/h1-24,32-35,40-41,45H,25H2/t32-,33-,34+,35-,40-,41?/m1/s1. The Morgan fingerprint density at radius 3 is 1.45 bits per heavy atom. The second-order valence-electron chi connectivity index (χ2n) is 12.5. The molecule has 11 nitrogen and oxygen atoms in total. The fourth-order valence-corrected chi connectivity index (χ4v) is 6.16. The highest BCUT2D eigenvalue weighted by Crippen LogP contribution is 2.45. The Bertz CT molecular complexity index is 2120. The van der Waals surface area contributed by atoms with E-state index in [1.54, 1.807) is 78.9 Å². The van der Waals surface area contributed by atoms with Crippen LogP contribution in [0, 0.1) is 0 Å². The highest BCUT2D eigenvalue weighted by Gasteiger charge is 2.57. The average molecular weight is 750 g/mol. The minimum atomic E-state index is -3.63. The molecule has 0 saturated carbocycles. The van der Waals surface area contributed by atoms with Crippen molar-refractivity contribution >= 4 is 29.6 Å². The number of anilines is 1. The van der Waals surface area contributed by atoms with Gasteiger partial charge in [0.25, 0.3) is 0 Å². The lowest BCUT2D eigenvalue weighted by Gasteiger charge is -2.45. The van der Waals surface area contributed by atoms with Gasteiger partial charge in [-0.1, -0.05) is 91.0 Å². The number of alkyl halides is 2. The van der Waals surface area contributed by atoms with E-state index >= 15 is 8.78 Å². The van der Waals surface area contributed by atoms with Crippen LogP contribution < -0.4 is 5.32 Å². The van der Waals surface area contributed by atoms with Crippen LogP contribution in [0.15, 0.2) is 146 Å². The molecule has 2 aliphatic heterocycles. The van der Waals surface area contributed by atoms with Gasteiger partial charge in [-0.25, -0.2) is 19.2 Å². The summed E-state index contributed by atoms with van der Waals surface area (Å²) >= 11 is 0. The van der Waals surface area contributed by atoms with Crippen molar-refractivity contribution in [3.05, 3.63) is 173 Å². The number of benzene rings is 5. The van der Waals surface area contributed by atoms with Gasteiger partial charge in [0.1, 0.15) is 12.7 Å². The molecule has 1 N–H and O–H groups in total. The predicted octanol–water partition coefficient (Wildman–Crippen LogP) is 6.81. The molecule has 7 rings (SSSR count). The maximum absolute atomic E-state index is 15.9. The molecular weight excluding hydrogens is 716 g/mol. The highest BCUT2D eigenvalue weighted by atomic mass is 19.3. The summed E-state index contributed by atoms with van der Waals surface area (Å²) in [5, 5.41) is 2.64. The van der Waals surface area contributed by atoms with E-state index in [1.165, 1.54) is 66.7 Å². The van der Waals surface area contributed by atoms with Crippen LogP contribution in [0.3, 0.4) is 0 Å². The summed E-state index contributed by atoms with van der Waals surface area (Å²) in [5.41, 5.74) is 0.129. The maximum Gasteiger partial charge on any atom is 0.338 e. The zero-order valence-corrected chi connectivity index (χ0v) is 28.9. The van der Waals surface area contributed by atoms with Gasteiger partial charge < -0.3 is 33.7 Å². The molecule has 0 aliphatic carbocycles. The summed E-state index contributed by atoms with van der Waals surface area (Å²) < 4.78 is 67.5. The summed E-state index contributed by atoms with van der Waals surface area (Å²) in [6, 6.07) is 37.0. The molecular formula is C42H33F2NO10. The van der Waals surface area contributed by atoms with E-state index in [-0.39, 0.29) is 33.5 Å². The lowest BCUT2D eigenvalue weighted by atomic mass is 9.97. The number of ether oxygens (including phenoxy) is 6. The Morgan fingerprint density at radius 1 is 0.545 bits per heavy atom. The summed E-state index contributed by atoms with van der Waals surface area (Å²) in [7, 11) is 0. The molecule has 2 heterocycles. The average Bonchev–Trinajstić information content (AvgIpc) is 3.48. The lowest BCUT2D eigenvalue weighted by molar-refractivity contribution is -0.321. The number of hydrogen-bond donors (Lipinski definition) is 1. The topological polar surface area (TPSA) is 136 Å². The maximum atomic E-state index is 15.9. The molecule has 0 spiro atoms. The number of rotatable bonds is 11. The number of halogens is 2. The third-order valence-corrected chi connectivity index (χ3v) is 8.91. The Kier molecular flexibility index (Phi) is 10.9. The zero-order chi connectivity index (χ0) is 38.4. The first-order valence-electron chi connectivity index (χ1n) is 17.2. The van der Waals surface area contributed by atoms with Crippen LogP contribution in [0.2, 0.25) is 0 Å². The van der Waals surface area contributed by atoms with Crippen LogP contribution >= 0.6 is 0 Å². The van der Waals surface area contributed by atoms with Gasteiger partial charge in [0.2, 0.25) is 6.29 Å². The van der Waals surface area contributed by atoms with Crippen molar-refractivity contribution in [3.63, 3.8) is 0 Å². The van der Waals surface area contributed by atoms with E-state index in [0.29, 0.717) is 0 Å². The first-order valence-corrected chi connectivity index (χ1v) is 17.2. The van der Waals surface area contributed by atoms with E-state index < -0.39 is 73.3 Å².